The lowest BCUT2D eigenvalue weighted by molar-refractivity contribution is -0.124. The summed E-state index contributed by atoms with van der Waals surface area (Å²) in [5.74, 6) is 0.377. The van der Waals surface area contributed by atoms with Crippen LogP contribution in [0, 0.1) is 5.41 Å². The summed E-state index contributed by atoms with van der Waals surface area (Å²) in [6.07, 6.45) is 1.99. The highest BCUT2D eigenvalue weighted by molar-refractivity contribution is 6.32. The van der Waals surface area contributed by atoms with Crippen LogP contribution < -0.4 is 15.4 Å². The number of halogens is 2. The van der Waals surface area contributed by atoms with Gasteiger partial charge in [-0.05, 0) is 38.1 Å². The van der Waals surface area contributed by atoms with Crippen LogP contribution in [-0.2, 0) is 9.53 Å². The molecule has 0 unspecified atom stereocenters. The van der Waals surface area contributed by atoms with E-state index in [9.17, 15) is 4.79 Å². The molecule has 130 valence electrons. The van der Waals surface area contributed by atoms with Crippen molar-refractivity contribution in [2.45, 2.75) is 12.8 Å². The molecule has 0 saturated carbocycles. The van der Waals surface area contributed by atoms with Crippen molar-refractivity contribution in [3.05, 3.63) is 29.3 Å². The average Bonchev–Trinajstić information content (AvgIpc) is 2.53. The molecule has 1 aromatic carbocycles. The third-order valence-corrected chi connectivity index (χ3v) is 4.28. The van der Waals surface area contributed by atoms with Crippen LogP contribution in [0.3, 0.4) is 0 Å². The first-order chi connectivity index (χ1) is 10.7. The smallest absolute Gasteiger partial charge is 0.257 e. The number of benzene rings is 1. The Kier molecular flexibility index (Phi) is 8.69. The standard InChI is InChI=1S/C16H23ClN2O3.ClH/c1-21-12-16(6-8-18-9-7-16)11-19-15(20)10-22-14-5-3-2-4-13(14)17;/h2-5,18H,6-12H2,1H3,(H,19,20);1H. The van der Waals surface area contributed by atoms with Gasteiger partial charge in [0.25, 0.3) is 5.91 Å². The summed E-state index contributed by atoms with van der Waals surface area (Å²) >= 11 is 5.99. The number of carbonyl (C=O) groups excluding carboxylic acids is 1. The van der Waals surface area contributed by atoms with Crippen LogP contribution in [0.25, 0.3) is 0 Å². The van der Waals surface area contributed by atoms with Crippen molar-refractivity contribution >= 4 is 29.9 Å². The first-order valence-corrected chi connectivity index (χ1v) is 7.87. The lowest BCUT2D eigenvalue weighted by Crippen LogP contribution is -2.47. The Hall–Kier alpha value is -1.01. The molecule has 1 amide bonds. The van der Waals surface area contributed by atoms with E-state index < -0.39 is 0 Å². The highest BCUT2D eigenvalue weighted by Gasteiger charge is 2.32. The van der Waals surface area contributed by atoms with Gasteiger partial charge in [-0.3, -0.25) is 4.79 Å². The fourth-order valence-corrected chi connectivity index (χ4v) is 2.87. The van der Waals surface area contributed by atoms with Gasteiger partial charge >= 0.3 is 0 Å². The van der Waals surface area contributed by atoms with E-state index in [1.165, 1.54) is 0 Å². The molecule has 5 nitrogen and oxygen atoms in total. The van der Waals surface area contributed by atoms with Crippen LogP contribution in [0.1, 0.15) is 12.8 Å². The maximum absolute atomic E-state index is 12.0. The normalized spacial score (nSPS) is 16.3. The molecule has 1 saturated heterocycles. The van der Waals surface area contributed by atoms with E-state index in [0.29, 0.717) is 23.9 Å². The fraction of sp³-hybridized carbons (Fsp3) is 0.562. The number of ether oxygens (including phenoxy) is 2. The molecule has 0 spiro atoms. The fourth-order valence-electron chi connectivity index (χ4n) is 2.68. The third kappa shape index (κ3) is 6.18. The van der Waals surface area contributed by atoms with Crippen molar-refractivity contribution in [2.24, 2.45) is 5.41 Å². The topological polar surface area (TPSA) is 59.6 Å². The van der Waals surface area contributed by atoms with Gasteiger partial charge in [0, 0.05) is 19.1 Å². The number of hydrogen-bond acceptors (Lipinski definition) is 4. The Labute approximate surface area is 148 Å². The second-order valence-corrected chi connectivity index (χ2v) is 6.09. The van der Waals surface area contributed by atoms with Crippen molar-refractivity contribution in [1.82, 2.24) is 10.6 Å². The number of rotatable bonds is 7. The molecule has 1 aromatic rings. The Morgan fingerprint density at radius 1 is 1.35 bits per heavy atom. The summed E-state index contributed by atoms with van der Waals surface area (Å²) in [5, 5.41) is 6.79. The molecule has 0 aliphatic carbocycles. The number of amides is 1. The summed E-state index contributed by atoms with van der Waals surface area (Å²) in [6.45, 7) is 3.13. The largest absolute Gasteiger partial charge is 0.482 e. The van der Waals surface area contributed by atoms with Crippen molar-refractivity contribution in [3.8, 4) is 5.75 Å². The maximum Gasteiger partial charge on any atom is 0.257 e. The quantitative estimate of drug-likeness (QED) is 0.780. The molecular weight excluding hydrogens is 339 g/mol. The van der Waals surface area contributed by atoms with E-state index in [1.54, 1.807) is 19.2 Å². The van der Waals surface area contributed by atoms with Gasteiger partial charge in [-0.2, -0.15) is 0 Å². The summed E-state index contributed by atoms with van der Waals surface area (Å²) in [5.41, 5.74) is 0.0139. The van der Waals surface area contributed by atoms with Gasteiger partial charge < -0.3 is 20.1 Å². The molecule has 2 rings (SSSR count). The Morgan fingerprint density at radius 2 is 2.04 bits per heavy atom. The molecule has 0 radical (unpaired) electrons. The SMILES string of the molecule is COCC1(CNC(=O)COc2ccccc2Cl)CCNCC1.Cl. The Balaban J connectivity index is 0.00000264. The van der Waals surface area contributed by atoms with Crippen LogP contribution in [0.4, 0.5) is 0 Å². The average molecular weight is 363 g/mol. The first-order valence-electron chi connectivity index (χ1n) is 7.49. The Bertz CT molecular complexity index is 488. The number of para-hydroxylation sites is 1. The Morgan fingerprint density at radius 3 is 2.70 bits per heavy atom. The number of carbonyl (C=O) groups is 1. The molecule has 0 aromatic heterocycles. The third-order valence-electron chi connectivity index (χ3n) is 3.97. The van der Waals surface area contributed by atoms with Crippen molar-refractivity contribution < 1.29 is 14.3 Å². The van der Waals surface area contributed by atoms with Crippen molar-refractivity contribution in [1.29, 1.82) is 0 Å². The lowest BCUT2D eigenvalue weighted by Gasteiger charge is -2.37. The number of hydrogen-bond donors (Lipinski definition) is 2. The predicted octanol–water partition coefficient (Wildman–Crippen LogP) is 2.27. The first kappa shape index (κ1) is 20.0. The molecule has 7 heteroatoms. The summed E-state index contributed by atoms with van der Waals surface area (Å²) in [6, 6.07) is 7.12. The van der Waals surface area contributed by atoms with Gasteiger partial charge in [0.2, 0.25) is 0 Å². The van der Waals surface area contributed by atoms with E-state index >= 15 is 0 Å². The highest BCUT2D eigenvalue weighted by atomic mass is 35.5. The minimum Gasteiger partial charge on any atom is -0.482 e. The van der Waals surface area contributed by atoms with Gasteiger partial charge in [0.05, 0.1) is 11.6 Å². The van der Waals surface area contributed by atoms with Crippen LogP contribution in [0.5, 0.6) is 5.75 Å². The zero-order valence-electron chi connectivity index (χ0n) is 13.3. The van der Waals surface area contributed by atoms with Crippen LogP contribution >= 0.6 is 24.0 Å². The lowest BCUT2D eigenvalue weighted by atomic mass is 9.79. The second kappa shape index (κ2) is 9.98. The van der Waals surface area contributed by atoms with Crippen molar-refractivity contribution in [2.75, 3.05) is 40.0 Å². The molecule has 1 fully saturated rings. The van der Waals surface area contributed by atoms with E-state index in [-0.39, 0.29) is 30.3 Å². The van der Waals surface area contributed by atoms with Gasteiger partial charge in [-0.15, -0.1) is 12.4 Å². The zero-order valence-corrected chi connectivity index (χ0v) is 14.8. The monoisotopic (exact) mass is 362 g/mol. The molecule has 2 N–H and O–H groups in total. The van der Waals surface area contributed by atoms with Crippen LogP contribution in [0.2, 0.25) is 5.02 Å². The predicted molar refractivity (Wildman–Crippen MR) is 93.6 cm³/mol. The van der Waals surface area contributed by atoms with E-state index in [2.05, 4.69) is 10.6 Å². The zero-order chi connectivity index (χ0) is 15.8. The molecule has 23 heavy (non-hydrogen) atoms. The molecule has 0 atom stereocenters. The van der Waals surface area contributed by atoms with E-state index in [4.69, 9.17) is 21.1 Å². The number of nitrogens with one attached hydrogen (secondary N) is 2. The minimum absolute atomic E-state index is 0. The van der Waals surface area contributed by atoms with Crippen molar-refractivity contribution in [3.63, 3.8) is 0 Å². The van der Waals surface area contributed by atoms with E-state index in [1.807, 2.05) is 12.1 Å². The number of piperidine rings is 1. The van der Waals surface area contributed by atoms with Gasteiger partial charge in [-0.1, -0.05) is 23.7 Å². The highest BCUT2D eigenvalue weighted by Crippen LogP contribution is 2.28. The van der Waals surface area contributed by atoms with E-state index in [0.717, 1.165) is 25.9 Å². The van der Waals surface area contributed by atoms with Gasteiger partial charge in [0.15, 0.2) is 6.61 Å². The molecule has 1 aliphatic rings. The second-order valence-electron chi connectivity index (χ2n) is 5.68. The molecule has 0 bridgehead atoms. The number of methoxy groups -OCH3 is 1. The minimum atomic E-state index is -0.145. The van der Waals surface area contributed by atoms with Crippen LogP contribution in [0.15, 0.2) is 24.3 Å². The molecule has 1 heterocycles. The summed E-state index contributed by atoms with van der Waals surface area (Å²) < 4.78 is 10.8. The molecular formula is C16H24Cl2N2O3. The maximum atomic E-state index is 12.0. The van der Waals surface area contributed by atoms with Gasteiger partial charge in [-0.25, -0.2) is 0 Å². The molecule has 1 aliphatic heterocycles. The van der Waals surface area contributed by atoms with Gasteiger partial charge in [0.1, 0.15) is 5.75 Å². The summed E-state index contributed by atoms with van der Waals surface area (Å²) in [7, 11) is 1.70. The summed E-state index contributed by atoms with van der Waals surface area (Å²) in [4.78, 5) is 12.0. The van der Waals surface area contributed by atoms with Crippen LogP contribution in [-0.4, -0.2) is 45.9 Å².